The zero-order valence-electron chi connectivity index (χ0n) is 23.1. The minimum atomic E-state index is -0.0564. The molecule has 0 radical (unpaired) electrons. The zero-order chi connectivity index (χ0) is 26.9. The Morgan fingerprint density at radius 1 is 0.974 bits per heavy atom. The number of carbonyl (C=O) groups is 2. The number of nitrogens with zero attached hydrogens (tertiary/aromatic N) is 4. The summed E-state index contributed by atoms with van der Waals surface area (Å²) < 4.78 is 11.5. The van der Waals surface area contributed by atoms with Crippen molar-refractivity contribution in [3.63, 3.8) is 0 Å². The summed E-state index contributed by atoms with van der Waals surface area (Å²) >= 11 is 0. The predicted molar refractivity (Wildman–Crippen MR) is 151 cm³/mol. The van der Waals surface area contributed by atoms with Gasteiger partial charge in [-0.15, -0.1) is 0 Å². The Morgan fingerprint density at radius 2 is 1.71 bits per heavy atom. The number of ether oxygens (including phenoxy) is 2. The van der Waals surface area contributed by atoms with Crippen LogP contribution in [-0.2, 0) is 20.9 Å². The van der Waals surface area contributed by atoms with Crippen molar-refractivity contribution in [2.24, 2.45) is 0 Å². The van der Waals surface area contributed by atoms with E-state index in [0.717, 1.165) is 68.9 Å². The van der Waals surface area contributed by atoms with E-state index in [1.165, 1.54) is 0 Å². The number of para-hydroxylation sites is 1. The molecule has 1 saturated heterocycles. The summed E-state index contributed by atoms with van der Waals surface area (Å²) in [4.78, 5) is 34.5. The highest BCUT2D eigenvalue weighted by atomic mass is 16.5. The highest BCUT2D eigenvalue weighted by Crippen LogP contribution is 2.25. The molecular formula is C30H42N4O4. The van der Waals surface area contributed by atoms with Crippen molar-refractivity contribution in [3.05, 3.63) is 54.1 Å². The molecule has 8 nitrogen and oxygen atoms in total. The lowest BCUT2D eigenvalue weighted by Crippen LogP contribution is -2.44. The smallest absolute Gasteiger partial charge is 0.260 e. The monoisotopic (exact) mass is 522 g/mol. The molecule has 8 heteroatoms. The number of hydrogen-bond donors (Lipinski definition) is 0. The Morgan fingerprint density at radius 3 is 2.45 bits per heavy atom. The lowest BCUT2D eigenvalue weighted by molar-refractivity contribution is -0.134. The van der Waals surface area contributed by atoms with E-state index in [1.807, 2.05) is 77.3 Å². The Bertz CT molecular complexity index is 1070. The molecule has 0 saturated carbocycles. The molecule has 0 aliphatic carbocycles. The molecule has 2 heterocycles. The minimum Gasteiger partial charge on any atom is -0.484 e. The molecule has 0 bridgehead atoms. The fraction of sp³-hybridized carbons (Fsp3) is 0.533. The maximum Gasteiger partial charge on any atom is 0.260 e. The van der Waals surface area contributed by atoms with Crippen LogP contribution in [-0.4, -0.2) is 87.8 Å². The summed E-state index contributed by atoms with van der Waals surface area (Å²) in [6, 6.07) is 16.2. The molecule has 0 aromatic heterocycles. The number of rotatable bonds is 5. The third-order valence-corrected chi connectivity index (χ3v) is 7.48. The van der Waals surface area contributed by atoms with Crippen LogP contribution in [0.3, 0.4) is 0 Å². The van der Waals surface area contributed by atoms with Crippen molar-refractivity contribution in [1.82, 2.24) is 9.80 Å². The molecule has 2 aliphatic heterocycles. The van der Waals surface area contributed by atoms with Gasteiger partial charge in [-0.1, -0.05) is 24.3 Å². The Kier molecular flexibility index (Phi) is 10.0. The number of hydrogen-bond acceptors (Lipinski definition) is 6. The van der Waals surface area contributed by atoms with E-state index in [9.17, 15) is 9.59 Å². The van der Waals surface area contributed by atoms with Gasteiger partial charge in [0.2, 0.25) is 5.91 Å². The quantitative estimate of drug-likeness (QED) is 0.596. The van der Waals surface area contributed by atoms with Crippen LogP contribution in [0.2, 0.25) is 0 Å². The van der Waals surface area contributed by atoms with E-state index in [2.05, 4.69) is 4.90 Å². The SMILES string of the molecule is CC(=O)N1CCCN(C2CCOCC2)CCCN(C(=O)COc2cccc(N(C)C)c2)Cc2ccccc21. The van der Waals surface area contributed by atoms with Crippen molar-refractivity contribution in [2.45, 2.75) is 45.2 Å². The van der Waals surface area contributed by atoms with Gasteiger partial charge in [-0.25, -0.2) is 0 Å². The fourth-order valence-corrected chi connectivity index (χ4v) is 5.36. The molecule has 0 atom stereocenters. The maximum absolute atomic E-state index is 13.5. The molecule has 38 heavy (non-hydrogen) atoms. The first-order valence-corrected chi connectivity index (χ1v) is 13.8. The van der Waals surface area contributed by atoms with E-state index < -0.39 is 0 Å². The van der Waals surface area contributed by atoms with E-state index >= 15 is 0 Å². The van der Waals surface area contributed by atoms with Crippen molar-refractivity contribution in [1.29, 1.82) is 0 Å². The van der Waals surface area contributed by atoms with Crippen LogP contribution < -0.4 is 14.5 Å². The van der Waals surface area contributed by atoms with Crippen LogP contribution in [0.5, 0.6) is 5.75 Å². The van der Waals surface area contributed by atoms with Crippen LogP contribution in [0.1, 0.15) is 38.2 Å². The third-order valence-electron chi connectivity index (χ3n) is 7.48. The standard InChI is InChI=1S/C30H42N4O4/c1-24(35)34-18-8-16-32(26-13-19-37-20-14-26)15-7-17-33(22-25-9-4-5-12-29(25)34)30(36)23-38-28-11-6-10-27(21-28)31(2)3/h4-6,9-12,21,26H,7-8,13-20,22-23H2,1-3H3. The summed E-state index contributed by atoms with van der Waals surface area (Å²) in [5.74, 6) is 0.640. The summed E-state index contributed by atoms with van der Waals surface area (Å²) in [5.41, 5.74) is 2.89. The molecule has 2 aromatic rings. The van der Waals surface area contributed by atoms with E-state index in [4.69, 9.17) is 9.47 Å². The highest BCUT2D eigenvalue weighted by Gasteiger charge is 2.25. The first kappa shape index (κ1) is 27.9. The second kappa shape index (κ2) is 13.6. The van der Waals surface area contributed by atoms with E-state index in [1.54, 1.807) is 6.92 Å². The molecule has 206 valence electrons. The average molecular weight is 523 g/mol. The molecule has 0 unspecified atom stereocenters. The predicted octanol–water partition coefficient (Wildman–Crippen LogP) is 3.79. The van der Waals surface area contributed by atoms with Crippen LogP contribution in [0.25, 0.3) is 0 Å². The summed E-state index contributed by atoms with van der Waals surface area (Å²) in [7, 11) is 3.96. The van der Waals surface area contributed by atoms with Gasteiger partial charge in [0, 0.05) is 90.4 Å². The highest BCUT2D eigenvalue weighted by molar-refractivity contribution is 5.92. The van der Waals surface area contributed by atoms with Crippen molar-refractivity contribution >= 4 is 23.2 Å². The molecule has 1 fully saturated rings. The number of anilines is 2. The van der Waals surface area contributed by atoms with E-state index in [0.29, 0.717) is 31.4 Å². The van der Waals surface area contributed by atoms with Crippen molar-refractivity contribution in [2.75, 3.05) is 69.9 Å². The van der Waals surface area contributed by atoms with Crippen molar-refractivity contribution < 1.29 is 19.1 Å². The van der Waals surface area contributed by atoms with Gasteiger partial charge in [-0.05, 0) is 49.4 Å². The second-order valence-corrected chi connectivity index (χ2v) is 10.4. The van der Waals surface area contributed by atoms with Crippen molar-refractivity contribution in [3.8, 4) is 5.75 Å². The van der Waals surface area contributed by atoms with Crippen LogP contribution >= 0.6 is 0 Å². The Labute approximate surface area is 227 Å². The van der Waals surface area contributed by atoms with Gasteiger partial charge < -0.3 is 29.1 Å². The first-order valence-electron chi connectivity index (χ1n) is 13.8. The van der Waals surface area contributed by atoms with Gasteiger partial charge in [0.15, 0.2) is 6.61 Å². The van der Waals surface area contributed by atoms with Gasteiger partial charge in [0.25, 0.3) is 5.91 Å². The summed E-state index contributed by atoms with van der Waals surface area (Å²) in [6.07, 6.45) is 3.86. The molecule has 0 spiro atoms. The van der Waals surface area contributed by atoms with Crippen LogP contribution in [0.4, 0.5) is 11.4 Å². The number of fused-ring (bicyclic) bond motifs is 1. The fourth-order valence-electron chi connectivity index (χ4n) is 5.36. The van der Waals surface area contributed by atoms with Gasteiger partial charge in [0.05, 0.1) is 0 Å². The largest absolute Gasteiger partial charge is 0.484 e. The zero-order valence-corrected chi connectivity index (χ0v) is 23.1. The first-order chi connectivity index (χ1) is 18.4. The Hall–Kier alpha value is -3.10. The topological polar surface area (TPSA) is 65.6 Å². The van der Waals surface area contributed by atoms with Crippen LogP contribution in [0.15, 0.2) is 48.5 Å². The van der Waals surface area contributed by atoms with Gasteiger partial charge in [-0.2, -0.15) is 0 Å². The summed E-state index contributed by atoms with van der Waals surface area (Å²) in [6.45, 7) is 6.77. The average Bonchev–Trinajstić information content (AvgIpc) is 2.92. The molecule has 2 amide bonds. The molecule has 0 N–H and O–H groups in total. The molecule has 2 aromatic carbocycles. The minimum absolute atomic E-state index is 0.0223. The number of amides is 2. The lowest BCUT2D eigenvalue weighted by atomic mass is 10.1. The summed E-state index contributed by atoms with van der Waals surface area (Å²) in [5, 5.41) is 0. The van der Waals surface area contributed by atoms with Gasteiger partial charge >= 0.3 is 0 Å². The molecular weight excluding hydrogens is 480 g/mol. The van der Waals surface area contributed by atoms with Gasteiger partial charge in [0.1, 0.15) is 5.75 Å². The number of benzene rings is 2. The lowest BCUT2D eigenvalue weighted by Gasteiger charge is -2.36. The van der Waals surface area contributed by atoms with E-state index in [-0.39, 0.29) is 18.4 Å². The van der Waals surface area contributed by atoms with Gasteiger partial charge in [-0.3, -0.25) is 9.59 Å². The third kappa shape index (κ3) is 7.48. The van der Waals surface area contributed by atoms with Crippen LogP contribution in [0, 0.1) is 0 Å². The maximum atomic E-state index is 13.5. The Balaban J connectivity index is 1.53. The molecule has 2 aliphatic rings. The molecule has 4 rings (SSSR count). The second-order valence-electron chi connectivity index (χ2n) is 10.4. The normalized spacial score (nSPS) is 18.2. The number of carbonyl (C=O) groups excluding carboxylic acids is 2.